The zero-order valence-corrected chi connectivity index (χ0v) is 12.4. The standard InChI is InChI=1S/C11H12N3O5PS/c15-20(16,19-10-3-1-5-12-7-10)9-14-21(17,18)11-4-2-6-13-8-11/h1-8,14H,9H2,(H,15,16). The number of nitrogens with zero attached hydrogens (tertiary/aromatic N) is 2. The molecule has 0 spiro atoms. The minimum absolute atomic E-state index is 0.0731. The Labute approximate surface area is 121 Å². The predicted molar refractivity (Wildman–Crippen MR) is 74.1 cm³/mol. The van der Waals surface area contributed by atoms with Gasteiger partial charge in [-0.05, 0) is 24.3 Å². The maximum Gasteiger partial charge on any atom is 0.391 e. The van der Waals surface area contributed by atoms with Gasteiger partial charge in [0.15, 0.2) is 0 Å². The lowest BCUT2D eigenvalue weighted by Gasteiger charge is -2.13. The Morgan fingerprint density at radius 2 is 1.86 bits per heavy atom. The van der Waals surface area contributed by atoms with Crippen LogP contribution in [0.1, 0.15) is 0 Å². The molecule has 0 amide bonds. The van der Waals surface area contributed by atoms with Crippen LogP contribution in [0.5, 0.6) is 5.75 Å². The fraction of sp³-hybridized carbons (Fsp3) is 0.0909. The lowest BCUT2D eigenvalue weighted by atomic mass is 10.5. The van der Waals surface area contributed by atoms with E-state index in [4.69, 9.17) is 4.52 Å². The minimum Gasteiger partial charge on any atom is -0.422 e. The smallest absolute Gasteiger partial charge is 0.391 e. The molecule has 1 atom stereocenters. The molecule has 2 aromatic rings. The van der Waals surface area contributed by atoms with Crippen molar-refractivity contribution in [1.29, 1.82) is 0 Å². The van der Waals surface area contributed by atoms with Gasteiger partial charge in [0.05, 0.1) is 6.20 Å². The maximum absolute atomic E-state index is 11.9. The summed E-state index contributed by atoms with van der Waals surface area (Å²) in [6, 6.07) is 5.72. The van der Waals surface area contributed by atoms with Gasteiger partial charge in [-0.2, -0.15) is 4.72 Å². The van der Waals surface area contributed by atoms with E-state index in [1.165, 1.54) is 42.9 Å². The van der Waals surface area contributed by atoms with Gasteiger partial charge < -0.3 is 9.42 Å². The van der Waals surface area contributed by atoms with E-state index in [2.05, 4.69) is 9.97 Å². The summed E-state index contributed by atoms with van der Waals surface area (Å²) in [5.74, 6) is 0.0731. The van der Waals surface area contributed by atoms with Crippen LogP contribution in [0.4, 0.5) is 0 Å². The number of rotatable bonds is 6. The van der Waals surface area contributed by atoms with E-state index in [-0.39, 0.29) is 10.6 Å². The molecule has 0 fully saturated rings. The van der Waals surface area contributed by atoms with Crippen LogP contribution in [0, 0.1) is 0 Å². The predicted octanol–water partition coefficient (Wildman–Crippen LogP) is 0.977. The van der Waals surface area contributed by atoms with Gasteiger partial charge in [-0.3, -0.25) is 9.97 Å². The Balaban J connectivity index is 2.03. The van der Waals surface area contributed by atoms with Crippen molar-refractivity contribution in [2.75, 3.05) is 6.29 Å². The highest BCUT2D eigenvalue weighted by atomic mass is 32.2. The van der Waals surface area contributed by atoms with Crippen molar-refractivity contribution in [2.24, 2.45) is 0 Å². The normalized spacial score (nSPS) is 14.3. The Hall–Kier alpha value is -1.80. The topological polar surface area (TPSA) is 118 Å². The van der Waals surface area contributed by atoms with E-state index in [1.807, 2.05) is 4.72 Å². The maximum atomic E-state index is 11.9. The zero-order chi connectivity index (χ0) is 15.3. The molecule has 0 aromatic carbocycles. The average Bonchev–Trinajstić information content (AvgIpc) is 2.47. The monoisotopic (exact) mass is 329 g/mol. The molecule has 0 saturated heterocycles. The molecule has 1 unspecified atom stereocenters. The van der Waals surface area contributed by atoms with E-state index in [9.17, 15) is 17.9 Å². The quantitative estimate of drug-likeness (QED) is 0.758. The van der Waals surface area contributed by atoms with E-state index in [1.54, 1.807) is 0 Å². The Kier molecular flexibility index (Phi) is 4.69. The van der Waals surface area contributed by atoms with Gasteiger partial charge in [0.1, 0.15) is 16.9 Å². The summed E-state index contributed by atoms with van der Waals surface area (Å²) in [7, 11) is -8.11. The van der Waals surface area contributed by atoms with Crippen LogP contribution in [0.25, 0.3) is 0 Å². The van der Waals surface area contributed by atoms with Crippen molar-refractivity contribution in [3.8, 4) is 5.75 Å². The van der Waals surface area contributed by atoms with Crippen LogP contribution in [-0.4, -0.2) is 29.6 Å². The number of pyridine rings is 2. The van der Waals surface area contributed by atoms with Gasteiger partial charge in [-0.1, -0.05) is 0 Å². The molecule has 2 aromatic heterocycles. The van der Waals surface area contributed by atoms with E-state index >= 15 is 0 Å². The van der Waals surface area contributed by atoms with Crippen molar-refractivity contribution in [3.63, 3.8) is 0 Å². The number of sulfonamides is 1. The molecule has 0 aliphatic rings. The molecule has 0 aliphatic carbocycles. The summed E-state index contributed by atoms with van der Waals surface area (Å²) in [5.41, 5.74) is 0. The highest BCUT2D eigenvalue weighted by molar-refractivity contribution is 7.89. The van der Waals surface area contributed by atoms with Gasteiger partial charge in [0.2, 0.25) is 10.0 Å². The third-order valence-corrected chi connectivity index (χ3v) is 4.94. The summed E-state index contributed by atoms with van der Waals surface area (Å²) < 4.78 is 42.4. The molecule has 0 radical (unpaired) electrons. The summed E-state index contributed by atoms with van der Waals surface area (Å²) in [5, 5.41) is 0. The molecule has 112 valence electrons. The first-order chi connectivity index (χ1) is 9.89. The number of hydrogen-bond donors (Lipinski definition) is 2. The summed E-state index contributed by atoms with van der Waals surface area (Å²) in [6.45, 7) is 0. The Morgan fingerprint density at radius 3 is 2.43 bits per heavy atom. The van der Waals surface area contributed by atoms with Crippen LogP contribution in [0.2, 0.25) is 0 Å². The van der Waals surface area contributed by atoms with Crippen molar-refractivity contribution in [3.05, 3.63) is 49.1 Å². The van der Waals surface area contributed by atoms with Crippen molar-refractivity contribution >= 4 is 17.6 Å². The molecule has 2 heterocycles. The minimum atomic E-state index is -4.18. The summed E-state index contributed by atoms with van der Waals surface area (Å²) in [6.07, 6.45) is 4.51. The fourth-order valence-electron chi connectivity index (χ4n) is 1.35. The zero-order valence-electron chi connectivity index (χ0n) is 10.7. The van der Waals surface area contributed by atoms with Gasteiger partial charge in [0, 0.05) is 18.6 Å². The second-order valence-electron chi connectivity index (χ2n) is 3.91. The highest BCUT2D eigenvalue weighted by Gasteiger charge is 2.25. The lowest BCUT2D eigenvalue weighted by molar-refractivity contribution is 0.377. The van der Waals surface area contributed by atoms with Gasteiger partial charge >= 0.3 is 7.60 Å². The largest absolute Gasteiger partial charge is 0.422 e. The van der Waals surface area contributed by atoms with Crippen LogP contribution in [0.3, 0.4) is 0 Å². The molecule has 2 N–H and O–H groups in total. The van der Waals surface area contributed by atoms with Crippen LogP contribution in [0.15, 0.2) is 53.9 Å². The lowest BCUT2D eigenvalue weighted by Crippen LogP contribution is -2.25. The second kappa shape index (κ2) is 6.31. The Morgan fingerprint density at radius 1 is 1.19 bits per heavy atom. The van der Waals surface area contributed by atoms with Crippen LogP contribution < -0.4 is 9.25 Å². The number of hydrogen-bond acceptors (Lipinski definition) is 6. The first-order valence-electron chi connectivity index (χ1n) is 5.70. The van der Waals surface area contributed by atoms with Gasteiger partial charge in [0.25, 0.3) is 0 Å². The molecule has 0 aliphatic heterocycles. The highest BCUT2D eigenvalue weighted by Crippen LogP contribution is 2.41. The molecule has 21 heavy (non-hydrogen) atoms. The number of nitrogens with one attached hydrogen (secondary N) is 1. The third-order valence-electron chi connectivity index (χ3n) is 2.28. The molecule has 2 rings (SSSR count). The van der Waals surface area contributed by atoms with E-state index in [0.717, 1.165) is 6.20 Å². The molecule has 10 heteroatoms. The van der Waals surface area contributed by atoms with Crippen molar-refractivity contribution in [1.82, 2.24) is 14.7 Å². The van der Waals surface area contributed by atoms with E-state index < -0.39 is 23.9 Å². The molecule has 0 saturated carbocycles. The first kappa shape index (κ1) is 15.6. The SMILES string of the molecule is O=P(O)(CNS(=O)(=O)c1cccnc1)Oc1cccnc1. The second-order valence-corrected chi connectivity index (χ2v) is 7.45. The number of aromatic nitrogens is 2. The summed E-state index contributed by atoms with van der Waals surface area (Å²) >= 11 is 0. The van der Waals surface area contributed by atoms with Crippen molar-refractivity contribution in [2.45, 2.75) is 4.90 Å². The molecule has 8 nitrogen and oxygen atoms in total. The Bertz CT molecular complexity index is 739. The van der Waals surface area contributed by atoms with Crippen LogP contribution >= 0.6 is 7.60 Å². The van der Waals surface area contributed by atoms with Crippen molar-refractivity contribution < 1.29 is 22.4 Å². The first-order valence-corrected chi connectivity index (χ1v) is 8.95. The third kappa shape index (κ3) is 4.61. The van der Waals surface area contributed by atoms with Crippen LogP contribution in [-0.2, 0) is 14.6 Å². The van der Waals surface area contributed by atoms with Gasteiger partial charge in [-0.25, -0.2) is 13.0 Å². The van der Waals surface area contributed by atoms with E-state index in [0.29, 0.717) is 0 Å². The molecular formula is C11H12N3O5PS. The van der Waals surface area contributed by atoms with Gasteiger partial charge in [-0.15, -0.1) is 0 Å². The summed E-state index contributed by atoms with van der Waals surface area (Å²) in [4.78, 5) is 16.9. The fourth-order valence-corrected chi connectivity index (χ4v) is 3.81. The average molecular weight is 329 g/mol. The molecular weight excluding hydrogens is 317 g/mol. The molecule has 0 bridgehead atoms.